The Morgan fingerprint density at radius 2 is 2.05 bits per heavy atom. The minimum Gasteiger partial charge on any atom is -0.493 e. The minimum absolute atomic E-state index is 0. The summed E-state index contributed by atoms with van der Waals surface area (Å²) >= 11 is 0. The number of halogens is 1. The third kappa shape index (κ3) is 8.92. The lowest BCUT2D eigenvalue weighted by molar-refractivity contribution is 0.287. The van der Waals surface area contributed by atoms with Crippen LogP contribution in [0.25, 0.3) is 0 Å². The number of guanidine groups is 1. The van der Waals surface area contributed by atoms with Crippen LogP contribution in [0.2, 0.25) is 0 Å². The fourth-order valence-electron chi connectivity index (χ4n) is 1.65. The van der Waals surface area contributed by atoms with Crippen molar-refractivity contribution in [1.29, 1.82) is 0 Å². The summed E-state index contributed by atoms with van der Waals surface area (Å²) in [7, 11) is 0. The van der Waals surface area contributed by atoms with E-state index in [-0.39, 0.29) is 24.0 Å². The molecule has 0 fully saturated rings. The zero-order valence-corrected chi connectivity index (χ0v) is 16.1. The van der Waals surface area contributed by atoms with Gasteiger partial charge in [0, 0.05) is 12.1 Å². The van der Waals surface area contributed by atoms with Crippen molar-refractivity contribution < 1.29 is 4.74 Å². The summed E-state index contributed by atoms with van der Waals surface area (Å²) in [6, 6.07) is 7.95. The third-order valence-electron chi connectivity index (χ3n) is 2.92. The highest BCUT2D eigenvalue weighted by atomic mass is 127. The van der Waals surface area contributed by atoms with Gasteiger partial charge in [0.2, 0.25) is 0 Å². The lowest BCUT2D eigenvalue weighted by Gasteiger charge is -2.12. The second-order valence-electron chi connectivity index (χ2n) is 5.65. The van der Waals surface area contributed by atoms with Crippen molar-refractivity contribution in [2.75, 3.05) is 13.2 Å². The van der Waals surface area contributed by atoms with E-state index in [1.165, 1.54) is 0 Å². The first kappa shape index (κ1) is 20.8. The number of aliphatic imine (C=N–C) groups is 1. The molecule has 1 aromatic rings. The van der Waals surface area contributed by atoms with Gasteiger partial charge in [-0.15, -0.1) is 24.0 Å². The molecule has 0 amide bonds. The number of nitrogens with two attached hydrogens (primary N) is 1. The number of para-hydroxylation sites is 1. The van der Waals surface area contributed by atoms with Gasteiger partial charge < -0.3 is 15.8 Å². The number of rotatable bonds is 8. The van der Waals surface area contributed by atoms with Crippen molar-refractivity contribution in [2.24, 2.45) is 16.6 Å². The first-order valence-corrected chi connectivity index (χ1v) is 7.38. The molecule has 0 spiro atoms. The van der Waals surface area contributed by atoms with Gasteiger partial charge in [0.25, 0.3) is 0 Å². The van der Waals surface area contributed by atoms with Crippen LogP contribution in [0.1, 0.15) is 32.8 Å². The van der Waals surface area contributed by atoms with Crippen LogP contribution in [0.3, 0.4) is 0 Å². The van der Waals surface area contributed by atoms with E-state index in [4.69, 9.17) is 10.5 Å². The molecule has 0 heterocycles. The molecule has 0 radical (unpaired) electrons. The summed E-state index contributed by atoms with van der Waals surface area (Å²) in [5, 5.41) is 3.02. The number of nitrogens with zero attached hydrogens (tertiary/aromatic N) is 1. The van der Waals surface area contributed by atoms with Crippen molar-refractivity contribution >= 4 is 29.9 Å². The molecule has 22 heavy (non-hydrogen) atoms. The van der Waals surface area contributed by atoms with Crippen molar-refractivity contribution in [3.63, 3.8) is 0 Å². The van der Waals surface area contributed by atoms with E-state index in [9.17, 15) is 0 Å². The average molecular weight is 417 g/mol. The molecule has 0 bridgehead atoms. The Balaban J connectivity index is 0.00000441. The summed E-state index contributed by atoms with van der Waals surface area (Å²) in [6.07, 6.45) is 1.04. The van der Waals surface area contributed by atoms with Gasteiger partial charge in [0.1, 0.15) is 5.75 Å². The van der Waals surface area contributed by atoms with Crippen molar-refractivity contribution in [3.05, 3.63) is 42.0 Å². The summed E-state index contributed by atoms with van der Waals surface area (Å²) in [5.41, 5.74) is 7.88. The fourth-order valence-corrected chi connectivity index (χ4v) is 1.65. The highest BCUT2D eigenvalue weighted by Crippen LogP contribution is 2.19. The van der Waals surface area contributed by atoms with Crippen LogP contribution in [0.15, 0.2) is 41.4 Å². The van der Waals surface area contributed by atoms with E-state index in [0.717, 1.165) is 29.9 Å². The maximum absolute atomic E-state index is 5.83. The van der Waals surface area contributed by atoms with Gasteiger partial charge in [-0.1, -0.05) is 44.2 Å². The molecule has 4 nitrogen and oxygen atoms in total. The van der Waals surface area contributed by atoms with Gasteiger partial charge in [0.05, 0.1) is 13.2 Å². The van der Waals surface area contributed by atoms with Gasteiger partial charge in [0.15, 0.2) is 5.96 Å². The first-order chi connectivity index (χ1) is 9.99. The van der Waals surface area contributed by atoms with Crippen LogP contribution in [0.5, 0.6) is 5.75 Å². The Labute approximate surface area is 151 Å². The van der Waals surface area contributed by atoms with Crippen LogP contribution in [-0.2, 0) is 6.54 Å². The standard InChI is InChI=1S/C17H27N3O.HI/c1-13(2)9-10-21-16-8-6-5-7-15(16)12-20-17(18)19-11-14(3)4;/h5-8,13H,3,9-12H2,1-2,4H3,(H3,18,19,20);1H. The average Bonchev–Trinajstić information content (AvgIpc) is 2.43. The number of hydrogen-bond donors (Lipinski definition) is 2. The Hall–Kier alpha value is -1.24. The molecule has 0 unspecified atom stereocenters. The van der Waals surface area contributed by atoms with Crippen molar-refractivity contribution in [2.45, 2.75) is 33.7 Å². The number of hydrogen-bond acceptors (Lipinski definition) is 2. The molecule has 5 heteroatoms. The maximum atomic E-state index is 5.83. The molecule has 0 atom stereocenters. The maximum Gasteiger partial charge on any atom is 0.189 e. The monoisotopic (exact) mass is 417 g/mol. The van der Waals surface area contributed by atoms with Gasteiger partial charge >= 0.3 is 0 Å². The predicted molar refractivity (Wildman–Crippen MR) is 105 cm³/mol. The molecular formula is C17H28IN3O. The SMILES string of the molecule is C=C(C)CNC(N)=NCc1ccccc1OCCC(C)C.I. The second kappa shape index (κ2) is 11.3. The van der Waals surface area contributed by atoms with Gasteiger partial charge in [-0.25, -0.2) is 4.99 Å². The van der Waals surface area contributed by atoms with E-state index in [2.05, 4.69) is 30.7 Å². The van der Waals surface area contributed by atoms with Crippen LogP contribution >= 0.6 is 24.0 Å². The molecule has 124 valence electrons. The van der Waals surface area contributed by atoms with E-state index in [1.807, 2.05) is 31.2 Å². The summed E-state index contributed by atoms with van der Waals surface area (Å²) in [5.74, 6) is 1.95. The molecule has 0 saturated carbocycles. The number of benzene rings is 1. The number of nitrogens with one attached hydrogen (secondary N) is 1. The van der Waals surface area contributed by atoms with Crippen LogP contribution in [-0.4, -0.2) is 19.1 Å². The Morgan fingerprint density at radius 3 is 2.68 bits per heavy atom. The Kier molecular flexibility index (Phi) is 10.7. The predicted octanol–water partition coefficient (Wildman–Crippen LogP) is 3.71. The smallest absolute Gasteiger partial charge is 0.189 e. The summed E-state index contributed by atoms with van der Waals surface area (Å²) in [4.78, 5) is 4.33. The van der Waals surface area contributed by atoms with Crippen LogP contribution in [0.4, 0.5) is 0 Å². The van der Waals surface area contributed by atoms with Crippen LogP contribution < -0.4 is 15.8 Å². The Morgan fingerprint density at radius 1 is 1.36 bits per heavy atom. The molecule has 0 aliphatic carbocycles. The Bertz CT molecular complexity index is 487. The van der Waals surface area contributed by atoms with E-state index >= 15 is 0 Å². The molecule has 0 aliphatic rings. The zero-order valence-electron chi connectivity index (χ0n) is 13.8. The summed E-state index contributed by atoms with van der Waals surface area (Å²) in [6.45, 7) is 12.0. The van der Waals surface area contributed by atoms with Gasteiger partial charge in [-0.2, -0.15) is 0 Å². The van der Waals surface area contributed by atoms with Crippen LogP contribution in [0, 0.1) is 5.92 Å². The third-order valence-corrected chi connectivity index (χ3v) is 2.92. The first-order valence-electron chi connectivity index (χ1n) is 7.38. The largest absolute Gasteiger partial charge is 0.493 e. The normalized spacial score (nSPS) is 11.0. The second-order valence-corrected chi connectivity index (χ2v) is 5.65. The molecular weight excluding hydrogens is 389 g/mol. The lowest BCUT2D eigenvalue weighted by atomic mass is 10.1. The van der Waals surface area contributed by atoms with E-state index in [0.29, 0.717) is 25.0 Å². The molecule has 0 aromatic heterocycles. The van der Waals surface area contributed by atoms with E-state index < -0.39 is 0 Å². The van der Waals surface area contributed by atoms with Crippen molar-refractivity contribution in [1.82, 2.24) is 5.32 Å². The van der Waals surface area contributed by atoms with Gasteiger partial charge in [-0.05, 0) is 25.3 Å². The molecule has 0 aliphatic heterocycles. The lowest BCUT2D eigenvalue weighted by Crippen LogP contribution is -2.32. The van der Waals surface area contributed by atoms with E-state index in [1.54, 1.807) is 0 Å². The summed E-state index contributed by atoms with van der Waals surface area (Å²) < 4.78 is 5.83. The topological polar surface area (TPSA) is 59.6 Å². The minimum atomic E-state index is 0. The fraction of sp³-hybridized carbons (Fsp3) is 0.471. The molecule has 0 saturated heterocycles. The highest BCUT2D eigenvalue weighted by molar-refractivity contribution is 14.0. The molecule has 1 aromatic carbocycles. The number of ether oxygens (including phenoxy) is 1. The van der Waals surface area contributed by atoms with Crippen molar-refractivity contribution in [3.8, 4) is 5.75 Å². The zero-order chi connectivity index (χ0) is 15.7. The highest BCUT2D eigenvalue weighted by Gasteiger charge is 2.03. The molecule has 1 rings (SSSR count). The quantitative estimate of drug-likeness (QED) is 0.294. The molecule has 3 N–H and O–H groups in total. The van der Waals surface area contributed by atoms with Gasteiger partial charge in [-0.3, -0.25) is 0 Å².